The highest BCUT2D eigenvalue weighted by atomic mass is 16.5. The molecule has 3 rings (SSSR count). The standard InChI is InChI=1S/C20H27N5O2/c1-16-13-18(24-23-16)20(26)22-8-3-6-12-27-19-14-17(7-9-21-19)15-25-10-4-2-5-11-25/h3,6-7,9,13-14H,2,4-5,8,10-12,15H2,1H3,(H,22,26)(H,23,24). The third-order valence-corrected chi connectivity index (χ3v) is 4.47. The van der Waals surface area contributed by atoms with Crippen LogP contribution in [0.2, 0.25) is 0 Å². The normalized spacial score (nSPS) is 15.1. The van der Waals surface area contributed by atoms with Gasteiger partial charge < -0.3 is 10.1 Å². The first kappa shape index (κ1) is 19.1. The summed E-state index contributed by atoms with van der Waals surface area (Å²) >= 11 is 0. The van der Waals surface area contributed by atoms with E-state index in [-0.39, 0.29) is 5.91 Å². The van der Waals surface area contributed by atoms with Crippen molar-refractivity contribution >= 4 is 5.91 Å². The predicted octanol–water partition coefficient (Wildman–Crippen LogP) is 2.46. The summed E-state index contributed by atoms with van der Waals surface area (Å²) in [5.41, 5.74) is 2.48. The number of hydrogen-bond acceptors (Lipinski definition) is 5. The molecule has 7 nitrogen and oxygen atoms in total. The van der Waals surface area contributed by atoms with Crippen molar-refractivity contribution in [2.45, 2.75) is 32.7 Å². The van der Waals surface area contributed by atoms with Crippen LogP contribution in [0.15, 0.2) is 36.5 Å². The van der Waals surface area contributed by atoms with Gasteiger partial charge >= 0.3 is 0 Å². The van der Waals surface area contributed by atoms with Crippen LogP contribution in [0.25, 0.3) is 0 Å². The van der Waals surface area contributed by atoms with Crippen molar-refractivity contribution in [3.8, 4) is 5.88 Å². The van der Waals surface area contributed by atoms with E-state index in [1.54, 1.807) is 12.3 Å². The lowest BCUT2D eigenvalue weighted by molar-refractivity contribution is 0.0953. The second-order valence-electron chi connectivity index (χ2n) is 6.77. The third kappa shape index (κ3) is 6.21. The number of amides is 1. The Morgan fingerprint density at radius 3 is 2.93 bits per heavy atom. The minimum absolute atomic E-state index is 0.197. The zero-order valence-corrected chi connectivity index (χ0v) is 15.8. The van der Waals surface area contributed by atoms with Gasteiger partial charge in [-0.15, -0.1) is 0 Å². The predicted molar refractivity (Wildman–Crippen MR) is 104 cm³/mol. The number of nitrogens with one attached hydrogen (secondary N) is 2. The zero-order chi connectivity index (χ0) is 18.9. The van der Waals surface area contributed by atoms with E-state index in [1.165, 1.54) is 37.9 Å². The Bertz CT molecular complexity index is 765. The first-order valence-electron chi connectivity index (χ1n) is 9.46. The van der Waals surface area contributed by atoms with E-state index in [1.807, 2.05) is 31.2 Å². The van der Waals surface area contributed by atoms with Gasteiger partial charge in [-0.3, -0.25) is 14.8 Å². The van der Waals surface area contributed by atoms with E-state index in [4.69, 9.17) is 4.74 Å². The molecule has 7 heteroatoms. The fraction of sp³-hybridized carbons (Fsp3) is 0.450. The quantitative estimate of drug-likeness (QED) is 0.699. The number of nitrogens with zero attached hydrogens (tertiary/aromatic N) is 3. The number of rotatable bonds is 8. The van der Waals surface area contributed by atoms with Crippen molar-refractivity contribution in [2.24, 2.45) is 0 Å². The van der Waals surface area contributed by atoms with Gasteiger partial charge in [-0.05, 0) is 56.6 Å². The smallest absolute Gasteiger partial charge is 0.272 e. The number of piperidine rings is 1. The summed E-state index contributed by atoms with van der Waals surface area (Å²) < 4.78 is 5.68. The number of ether oxygens (including phenoxy) is 1. The molecule has 0 atom stereocenters. The van der Waals surface area contributed by atoms with Crippen molar-refractivity contribution in [1.82, 2.24) is 25.4 Å². The number of aryl methyl sites for hydroxylation is 1. The van der Waals surface area contributed by atoms with Crippen molar-refractivity contribution < 1.29 is 9.53 Å². The van der Waals surface area contributed by atoms with Gasteiger partial charge in [-0.25, -0.2) is 4.98 Å². The molecule has 2 aromatic rings. The van der Waals surface area contributed by atoms with E-state index < -0.39 is 0 Å². The lowest BCUT2D eigenvalue weighted by Gasteiger charge is -2.26. The topological polar surface area (TPSA) is 83.1 Å². The van der Waals surface area contributed by atoms with Gasteiger partial charge in [0.2, 0.25) is 5.88 Å². The van der Waals surface area contributed by atoms with E-state index >= 15 is 0 Å². The number of carbonyl (C=O) groups excluding carboxylic acids is 1. The molecule has 0 unspecified atom stereocenters. The largest absolute Gasteiger partial charge is 0.473 e. The number of likely N-dealkylation sites (tertiary alicyclic amines) is 1. The molecule has 2 aromatic heterocycles. The number of aromatic amines is 1. The highest BCUT2D eigenvalue weighted by molar-refractivity contribution is 5.92. The van der Waals surface area contributed by atoms with Crippen molar-refractivity contribution in [1.29, 1.82) is 0 Å². The molecular weight excluding hydrogens is 342 g/mol. The van der Waals surface area contributed by atoms with E-state index in [2.05, 4.69) is 25.4 Å². The van der Waals surface area contributed by atoms with Crippen LogP contribution >= 0.6 is 0 Å². The van der Waals surface area contributed by atoms with Gasteiger partial charge in [-0.2, -0.15) is 5.10 Å². The van der Waals surface area contributed by atoms with Crippen LogP contribution < -0.4 is 10.1 Å². The summed E-state index contributed by atoms with van der Waals surface area (Å²) in [5.74, 6) is 0.433. The molecule has 0 saturated carbocycles. The molecule has 0 aliphatic carbocycles. The number of carbonyl (C=O) groups is 1. The van der Waals surface area contributed by atoms with E-state index in [9.17, 15) is 4.79 Å². The summed E-state index contributed by atoms with van der Waals surface area (Å²) in [6.07, 6.45) is 9.44. The maximum absolute atomic E-state index is 11.8. The molecule has 144 valence electrons. The molecule has 0 aromatic carbocycles. The third-order valence-electron chi connectivity index (χ3n) is 4.47. The Morgan fingerprint density at radius 1 is 1.30 bits per heavy atom. The second kappa shape index (κ2) is 9.87. The summed E-state index contributed by atoms with van der Waals surface area (Å²) in [5, 5.41) is 9.45. The average molecular weight is 369 g/mol. The molecule has 3 heterocycles. The molecule has 0 radical (unpaired) electrons. The molecular formula is C20H27N5O2. The van der Waals surface area contributed by atoms with Crippen molar-refractivity contribution in [2.75, 3.05) is 26.2 Å². The molecule has 0 bridgehead atoms. The van der Waals surface area contributed by atoms with Crippen molar-refractivity contribution in [3.63, 3.8) is 0 Å². The Morgan fingerprint density at radius 2 is 2.15 bits per heavy atom. The lowest BCUT2D eigenvalue weighted by atomic mass is 10.1. The van der Waals surface area contributed by atoms with Crippen LogP contribution in [0.3, 0.4) is 0 Å². The minimum atomic E-state index is -0.197. The molecule has 1 aliphatic rings. The number of hydrogen-bond donors (Lipinski definition) is 2. The van der Waals surface area contributed by atoms with Crippen LogP contribution in [0, 0.1) is 6.92 Å². The Kier molecular flexibility index (Phi) is 6.98. The Labute approximate surface area is 159 Å². The summed E-state index contributed by atoms with van der Waals surface area (Å²) in [6.45, 7) is 5.99. The number of aromatic nitrogens is 3. The van der Waals surface area contributed by atoms with Crippen LogP contribution in [-0.2, 0) is 6.54 Å². The summed E-state index contributed by atoms with van der Waals surface area (Å²) in [4.78, 5) is 18.6. The molecule has 1 fully saturated rings. The maximum Gasteiger partial charge on any atom is 0.272 e. The van der Waals surface area contributed by atoms with Gasteiger partial charge in [0.25, 0.3) is 5.91 Å². The van der Waals surface area contributed by atoms with Gasteiger partial charge in [0.05, 0.1) is 0 Å². The Balaban J connectivity index is 1.37. The first-order valence-corrected chi connectivity index (χ1v) is 9.46. The van der Waals surface area contributed by atoms with Crippen LogP contribution in [0.1, 0.15) is 41.0 Å². The molecule has 1 amide bonds. The fourth-order valence-electron chi connectivity index (χ4n) is 3.06. The summed E-state index contributed by atoms with van der Waals surface area (Å²) in [6, 6.07) is 5.76. The van der Waals surface area contributed by atoms with Gasteiger partial charge in [0.1, 0.15) is 12.3 Å². The SMILES string of the molecule is Cc1cc(C(=O)NCC=CCOc2cc(CN3CCCCC3)ccn2)n[nH]1. The molecule has 1 saturated heterocycles. The first-order chi connectivity index (χ1) is 13.2. The molecule has 2 N–H and O–H groups in total. The lowest BCUT2D eigenvalue weighted by Crippen LogP contribution is -2.29. The van der Waals surface area contributed by atoms with E-state index in [0.717, 1.165) is 12.2 Å². The fourth-order valence-corrected chi connectivity index (χ4v) is 3.06. The summed E-state index contributed by atoms with van der Waals surface area (Å²) in [7, 11) is 0. The second-order valence-corrected chi connectivity index (χ2v) is 6.77. The highest BCUT2D eigenvalue weighted by Crippen LogP contribution is 2.15. The van der Waals surface area contributed by atoms with Crippen LogP contribution in [-0.4, -0.2) is 52.2 Å². The zero-order valence-electron chi connectivity index (χ0n) is 15.8. The van der Waals surface area contributed by atoms with Crippen molar-refractivity contribution in [3.05, 3.63) is 53.5 Å². The molecule has 27 heavy (non-hydrogen) atoms. The van der Waals surface area contributed by atoms with Gasteiger partial charge in [0, 0.05) is 31.0 Å². The monoisotopic (exact) mass is 369 g/mol. The minimum Gasteiger partial charge on any atom is -0.473 e. The average Bonchev–Trinajstić information content (AvgIpc) is 3.12. The van der Waals surface area contributed by atoms with Gasteiger partial charge in [-0.1, -0.05) is 12.5 Å². The molecule has 0 spiro atoms. The maximum atomic E-state index is 11.8. The Hall–Kier alpha value is -2.67. The van der Waals surface area contributed by atoms with Crippen LogP contribution in [0.5, 0.6) is 5.88 Å². The van der Waals surface area contributed by atoms with Gasteiger partial charge in [0.15, 0.2) is 0 Å². The number of pyridine rings is 1. The highest BCUT2D eigenvalue weighted by Gasteiger charge is 2.11. The van der Waals surface area contributed by atoms with Crippen LogP contribution in [0.4, 0.5) is 0 Å². The number of H-pyrrole nitrogens is 1. The molecule has 1 aliphatic heterocycles. The van der Waals surface area contributed by atoms with E-state index in [0.29, 0.717) is 24.7 Å².